The molecule has 0 atom stereocenters. The van der Waals surface area contributed by atoms with Gasteiger partial charge in [0.2, 0.25) is 0 Å². The number of rotatable bonds is 2. The van der Waals surface area contributed by atoms with E-state index in [4.69, 9.17) is 0 Å². The summed E-state index contributed by atoms with van der Waals surface area (Å²) in [6, 6.07) is -0.267. The van der Waals surface area contributed by atoms with E-state index in [-0.39, 0.29) is 6.07 Å². The van der Waals surface area contributed by atoms with Crippen molar-refractivity contribution in [3.05, 3.63) is 34.9 Å². The first kappa shape index (κ1) is 11.8. The van der Waals surface area contributed by atoms with Gasteiger partial charge in [0.25, 0.3) is 0 Å². The summed E-state index contributed by atoms with van der Waals surface area (Å²) < 4.78 is 87.1. The molecule has 0 aromatic heterocycles. The van der Waals surface area contributed by atoms with Crippen LogP contribution in [-0.2, 0) is 5.92 Å². The summed E-state index contributed by atoms with van der Waals surface area (Å²) in [6.45, 7) is -2.41. The Hall–Kier alpha value is -1.27. The molecule has 0 aliphatic rings. The third kappa shape index (κ3) is 1.91. The van der Waals surface area contributed by atoms with E-state index in [1.54, 1.807) is 0 Å². The Morgan fingerprint density at radius 1 is 0.933 bits per heavy atom. The van der Waals surface area contributed by atoms with E-state index in [1.807, 2.05) is 0 Å². The van der Waals surface area contributed by atoms with E-state index in [0.29, 0.717) is 0 Å². The molecule has 0 N–H and O–H groups in total. The van der Waals surface area contributed by atoms with Crippen LogP contribution in [0.15, 0.2) is 6.07 Å². The monoisotopic (exact) mass is 232 g/mol. The second-order valence-corrected chi connectivity index (χ2v) is 2.68. The Bertz CT molecular complexity index is 385. The Morgan fingerprint density at radius 3 is 1.93 bits per heavy atom. The number of hydrogen-bond acceptors (Lipinski definition) is 0. The van der Waals surface area contributed by atoms with Crippen LogP contribution in [0.4, 0.5) is 30.7 Å². The largest absolute Gasteiger partial charge is 0.306 e. The predicted octanol–water partition coefficient (Wildman–Crippen LogP) is 3.30. The van der Waals surface area contributed by atoms with Crippen LogP contribution in [0.25, 0.3) is 0 Å². The zero-order chi connectivity index (χ0) is 11.8. The quantitative estimate of drug-likeness (QED) is 0.417. The normalized spacial score (nSPS) is 11.9. The van der Waals surface area contributed by atoms with E-state index >= 15 is 0 Å². The summed E-state index contributed by atoms with van der Waals surface area (Å²) in [4.78, 5) is 0. The van der Waals surface area contributed by atoms with Gasteiger partial charge in [-0.3, -0.25) is 0 Å². The average molecular weight is 232 g/mol. The second-order valence-electron chi connectivity index (χ2n) is 2.68. The van der Waals surface area contributed by atoms with Gasteiger partial charge in [0.05, 0.1) is 5.56 Å². The SMILES string of the molecule is FCC(F)(F)c1c(F)cc(F)c(F)c1F. The van der Waals surface area contributed by atoms with Crippen molar-refractivity contribution in [2.75, 3.05) is 6.67 Å². The molecule has 1 aromatic carbocycles. The lowest BCUT2D eigenvalue weighted by molar-refractivity contribution is -0.0351. The number of halogens is 7. The van der Waals surface area contributed by atoms with Crippen LogP contribution in [-0.4, -0.2) is 6.67 Å². The molecule has 7 heteroatoms. The molecule has 0 nitrogen and oxygen atoms in total. The van der Waals surface area contributed by atoms with Crippen molar-refractivity contribution in [3.8, 4) is 0 Å². The molecule has 0 heterocycles. The van der Waals surface area contributed by atoms with Crippen molar-refractivity contribution in [1.82, 2.24) is 0 Å². The Morgan fingerprint density at radius 2 is 1.47 bits per heavy atom. The van der Waals surface area contributed by atoms with Gasteiger partial charge in [0.15, 0.2) is 24.1 Å². The molecule has 84 valence electrons. The minimum absolute atomic E-state index is 0.267. The molecule has 0 saturated carbocycles. The molecule has 15 heavy (non-hydrogen) atoms. The van der Waals surface area contributed by atoms with Crippen molar-refractivity contribution in [2.24, 2.45) is 0 Å². The van der Waals surface area contributed by atoms with Crippen LogP contribution >= 0.6 is 0 Å². The highest BCUT2D eigenvalue weighted by Gasteiger charge is 2.40. The first-order chi connectivity index (χ1) is 6.81. The lowest BCUT2D eigenvalue weighted by Gasteiger charge is -2.14. The molecule has 0 fully saturated rings. The molecule has 1 aromatic rings. The minimum Gasteiger partial charge on any atom is -0.244 e. The van der Waals surface area contributed by atoms with Crippen LogP contribution in [0.3, 0.4) is 0 Å². The maximum absolute atomic E-state index is 12.7. The molecular weight excluding hydrogens is 229 g/mol. The van der Waals surface area contributed by atoms with E-state index in [9.17, 15) is 30.7 Å². The van der Waals surface area contributed by atoms with Gasteiger partial charge in [-0.2, -0.15) is 8.78 Å². The molecule has 0 spiro atoms. The van der Waals surface area contributed by atoms with Crippen LogP contribution in [0, 0.1) is 23.3 Å². The van der Waals surface area contributed by atoms with E-state index in [2.05, 4.69) is 0 Å². The predicted molar refractivity (Wildman–Crippen MR) is 36.1 cm³/mol. The van der Waals surface area contributed by atoms with Gasteiger partial charge in [-0.1, -0.05) is 0 Å². The standard InChI is InChI=1S/C8H3F7/c9-2-8(14,15)5-3(10)1-4(11)6(12)7(5)13/h1H,2H2. The summed E-state index contributed by atoms with van der Waals surface area (Å²) in [7, 11) is 0. The zero-order valence-electron chi connectivity index (χ0n) is 6.93. The zero-order valence-corrected chi connectivity index (χ0v) is 6.93. The van der Waals surface area contributed by atoms with Gasteiger partial charge in [-0.25, -0.2) is 22.0 Å². The number of alkyl halides is 3. The molecule has 0 radical (unpaired) electrons. The van der Waals surface area contributed by atoms with Crippen LogP contribution < -0.4 is 0 Å². The van der Waals surface area contributed by atoms with Gasteiger partial charge < -0.3 is 0 Å². The fraction of sp³-hybridized carbons (Fsp3) is 0.250. The van der Waals surface area contributed by atoms with Crippen LogP contribution in [0.2, 0.25) is 0 Å². The Labute approximate surface area is 79.3 Å². The molecule has 0 saturated heterocycles. The van der Waals surface area contributed by atoms with Crippen molar-refractivity contribution in [1.29, 1.82) is 0 Å². The van der Waals surface area contributed by atoms with Crippen molar-refractivity contribution in [2.45, 2.75) is 5.92 Å². The lowest BCUT2D eigenvalue weighted by atomic mass is 10.1. The highest BCUT2D eigenvalue weighted by molar-refractivity contribution is 5.26. The van der Waals surface area contributed by atoms with Gasteiger partial charge in [0.1, 0.15) is 5.82 Å². The molecule has 1 rings (SSSR count). The third-order valence-electron chi connectivity index (χ3n) is 1.65. The average Bonchev–Trinajstić information content (AvgIpc) is 2.14. The summed E-state index contributed by atoms with van der Waals surface area (Å²) in [5.41, 5.74) is -2.11. The van der Waals surface area contributed by atoms with E-state index in [1.165, 1.54) is 0 Å². The van der Waals surface area contributed by atoms with Gasteiger partial charge in [-0.15, -0.1) is 0 Å². The summed E-state index contributed by atoms with van der Waals surface area (Å²) in [5, 5.41) is 0. The van der Waals surface area contributed by atoms with Crippen LogP contribution in [0.1, 0.15) is 5.56 Å². The highest BCUT2D eigenvalue weighted by atomic mass is 19.3. The fourth-order valence-electron chi connectivity index (χ4n) is 0.968. The Kier molecular flexibility index (Phi) is 2.92. The summed E-state index contributed by atoms with van der Waals surface area (Å²) in [5.74, 6) is -13.2. The van der Waals surface area contributed by atoms with Crippen molar-refractivity contribution >= 4 is 0 Å². The smallest absolute Gasteiger partial charge is 0.244 e. The molecule has 0 bridgehead atoms. The van der Waals surface area contributed by atoms with E-state index in [0.717, 1.165) is 0 Å². The molecule has 0 aliphatic carbocycles. The molecule has 0 amide bonds. The maximum atomic E-state index is 12.7. The van der Waals surface area contributed by atoms with Gasteiger partial charge >= 0.3 is 5.92 Å². The topological polar surface area (TPSA) is 0 Å². The van der Waals surface area contributed by atoms with Crippen molar-refractivity contribution in [3.63, 3.8) is 0 Å². The molecule has 0 unspecified atom stereocenters. The second kappa shape index (κ2) is 3.71. The maximum Gasteiger partial charge on any atom is 0.306 e. The van der Waals surface area contributed by atoms with Gasteiger partial charge in [-0.05, 0) is 0 Å². The summed E-state index contributed by atoms with van der Waals surface area (Å²) in [6.07, 6.45) is 0. The first-order valence-electron chi connectivity index (χ1n) is 3.58. The number of benzene rings is 1. The number of hydrogen-bond donors (Lipinski definition) is 0. The first-order valence-corrected chi connectivity index (χ1v) is 3.58. The molecule has 0 aliphatic heterocycles. The minimum atomic E-state index is -4.53. The van der Waals surface area contributed by atoms with Crippen LogP contribution in [0.5, 0.6) is 0 Å². The Balaban J connectivity index is 3.49. The fourth-order valence-corrected chi connectivity index (χ4v) is 0.968. The van der Waals surface area contributed by atoms with Gasteiger partial charge in [0, 0.05) is 6.07 Å². The highest BCUT2D eigenvalue weighted by Crippen LogP contribution is 2.34. The van der Waals surface area contributed by atoms with Crippen molar-refractivity contribution < 1.29 is 30.7 Å². The van der Waals surface area contributed by atoms with E-state index < -0.39 is 41.4 Å². The third-order valence-corrected chi connectivity index (χ3v) is 1.65. The lowest BCUT2D eigenvalue weighted by Crippen LogP contribution is -2.21. The summed E-state index contributed by atoms with van der Waals surface area (Å²) >= 11 is 0. The molecular formula is C8H3F7.